The van der Waals surface area contributed by atoms with Crippen molar-refractivity contribution in [3.63, 3.8) is 0 Å². The summed E-state index contributed by atoms with van der Waals surface area (Å²) in [5.74, 6) is 0.185. The fourth-order valence-electron chi connectivity index (χ4n) is 0.768. The summed E-state index contributed by atoms with van der Waals surface area (Å²) >= 11 is 17.3. The lowest BCUT2D eigenvalue weighted by molar-refractivity contribution is 0.172. The van der Waals surface area contributed by atoms with Gasteiger partial charge in [0.1, 0.15) is 0 Å². The Kier molecular flexibility index (Phi) is 4.08. The molecular formula is C9H8Cl3NO2. The number of hydrogen-bond donors (Lipinski definition) is 0. The van der Waals surface area contributed by atoms with Gasteiger partial charge in [0.05, 0.1) is 15.1 Å². The fourth-order valence-corrected chi connectivity index (χ4v) is 1.34. The second-order valence-electron chi connectivity index (χ2n) is 2.96. The Morgan fingerprint density at radius 1 is 1.13 bits per heavy atom. The molecule has 0 spiro atoms. The molecule has 0 saturated heterocycles. The molecule has 1 rings (SSSR count). The van der Waals surface area contributed by atoms with Crippen LogP contribution in [0.15, 0.2) is 12.1 Å². The van der Waals surface area contributed by atoms with Gasteiger partial charge >= 0.3 is 6.09 Å². The Morgan fingerprint density at radius 3 is 2.20 bits per heavy atom. The third-order valence-corrected chi connectivity index (χ3v) is 2.55. The summed E-state index contributed by atoms with van der Waals surface area (Å²) in [7, 11) is 3.13. The van der Waals surface area contributed by atoms with Crippen LogP contribution in [-0.4, -0.2) is 25.1 Å². The summed E-state index contributed by atoms with van der Waals surface area (Å²) in [5, 5.41) is 0.827. The average Bonchev–Trinajstić information content (AvgIpc) is 2.13. The van der Waals surface area contributed by atoms with Crippen LogP contribution in [0.25, 0.3) is 0 Å². The second kappa shape index (κ2) is 4.92. The van der Waals surface area contributed by atoms with Crippen LogP contribution in [0.1, 0.15) is 0 Å². The number of carbonyl (C=O) groups excluding carboxylic acids is 1. The van der Waals surface area contributed by atoms with E-state index in [1.807, 2.05) is 0 Å². The highest BCUT2D eigenvalue weighted by atomic mass is 35.5. The monoisotopic (exact) mass is 267 g/mol. The molecule has 15 heavy (non-hydrogen) atoms. The van der Waals surface area contributed by atoms with Gasteiger partial charge < -0.3 is 9.64 Å². The lowest BCUT2D eigenvalue weighted by atomic mass is 10.3. The standard InChI is InChI=1S/C9H8Cl3NO2/c1-13(2)9(14)15-8-4-6(11)5(10)3-7(8)12/h3-4H,1-2H3. The van der Waals surface area contributed by atoms with Crippen LogP contribution in [0.5, 0.6) is 5.75 Å². The Morgan fingerprint density at radius 2 is 1.67 bits per heavy atom. The van der Waals surface area contributed by atoms with Crippen molar-refractivity contribution < 1.29 is 9.53 Å². The van der Waals surface area contributed by atoms with Crippen molar-refractivity contribution >= 4 is 40.9 Å². The van der Waals surface area contributed by atoms with E-state index in [4.69, 9.17) is 39.5 Å². The van der Waals surface area contributed by atoms with Gasteiger partial charge in [-0.25, -0.2) is 4.79 Å². The minimum atomic E-state index is -0.532. The molecule has 0 heterocycles. The molecule has 0 aromatic heterocycles. The normalized spacial score (nSPS) is 9.93. The van der Waals surface area contributed by atoms with Crippen molar-refractivity contribution in [2.24, 2.45) is 0 Å². The molecule has 0 unspecified atom stereocenters. The molecular weight excluding hydrogens is 260 g/mol. The first kappa shape index (κ1) is 12.4. The van der Waals surface area contributed by atoms with E-state index in [1.54, 1.807) is 14.1 Å². The Labute approximate surface area is 102 Å². The first-order chi connectivity index (χ1) is 6.91. The molecule has 0 aliphatic heterocycles. The molecule has 0 aliphatic rings. The van der Waals surface area contributed by atoms with E-state index < -0.39 is 6.09 Å². The summed E-state index contributed by atoms with van der Waals surface area (Å²) in [4.78, 5) is 12.5. The highest BCUT2D eigenvalue weighted by Gasteiger charge is 2.12. The zero-order chi connectivity index (χ0) is 11.6. The minimum absolute atomic E-state index is 0.185. The van der Waals surface area contributed by atoms with Gasteiger partial charge in [-0.3, -0.25) is 0 Å². The van der Waals surface area contributed by atoms with E-state index in [1.165, 1.54) is 17.0 Å². The molecule has 0 radical (unpaired) electrons. The van der Waals surface area contributed by atoms with Crippen molar-refractivity contribution in [1.29, 1.82) is 0 Å². The van der Waals surface area contributed by atoms with Crippen LogP contribution in [0, 0.1) is 0 Å². The number of hydrogen-bond acceptors (Lipinski definition) is 2. The maximum Gasteiger partial charge on any atom is 0.414 e. The molecule has 0 atom stereocenters. The maximum atomic E-state index is 11.2. The molecule has 3 nitrogen and oxygen atoms in total. The van der Waals surface area contributed by atoms with Gasteiger partial charge in [0, 0.05) is 20.2 Å². The van der Waals surface area contributed by atoms with E-state index in [0.29, 0.717) is 5.02 Å². The maximum absolute atomic E-state index is 11.2. The van der Waals surface area contributed by atoms with Gasteiger partial charge in [-0.2, -0.15) is 0 Å². The first-order valence-corrected chi connectivity index (χ1v) is 5.09. The van der Waals surface area contributed by atoms with Gasteiger partial charge in [0.25, 0.3) is 0 Å². The number of rotatable bonds is 1. The summed E-state index contributed by atoms with van der Waals surface area (Å²) in [5.41, 5.74) is 0. The molecule has 0 fully saturated rings. The molecule has 0 aliphatic carbocycles. The lowest BCUT2D eigenvalue weighted by Crippen LogP contribution is -2.25. The second-order valence-corrected chi connectivity index (χ2v) is 4.18. The molecule has 1 amide bonds. The summed E-state index contributed by atoms with van der Waals surface area (Å²) in [6.45, 7) is 0. The zero-order valence-corrected chi connectivity index (χ0v) is 10.3. The number of ether oxygens (including phenoxy) is 1. The molecule has 6 heteroatoms. The Hall–Kier alpha value is -0.640. The predicted molar refractivity (Wildman–Crippen MR) is 61.2 cm³/mol. The van der Waals surface area contributed by atoms with Crippen LogP contribution < -0.4 is 4.74 Å². The largest absolute Gasteiger partial charge is 0.414 e. The zero-order valence-electron chi connectivity index (χ0n) is 8.05. The van der Waals surface area contributed by atoms with Crippen LogP contribution in [0.3, 0.4) is 0 Å². The first-order valence-electron chi connectivity index (χ1n) is 3.95. The fraction of sp³-hybridized carbons (Fsp3) is 0.222. The molecule has 0 N–H and O–H groups in total. The highest BCUT2D eigenvalue weighted by molar-refractivity contribution is 6.43. The van der Waals surface area contributed by atoms with Gasteiger partial charge in [-0.15, -0.1) is 0 Å². The van der Waals surface area contributed by atoms with Gasteiger partial charge in [0.15, 0.2) is 5.75 Å². The van der Waals surface area contributed by atoms with Crippen molar-refractivity contribution in [3.8, 4) is 5.75 Å². The molecule has 0 bridgehead atoms. The van der Waals surface area contributed by atoms with Crippen molar-refractivity contribution in [2.75, 3.05) is 14.1 Å². The van der Waals surface area contributed by atoms with Crippen molar-refractivity contribution in [3.05, 3.63) is 27.2 Å². The third-order valence-electron chi connectivity index (χ3n) is 1.54. The number of carbonyl (C=O) groups is 1. The minimum Gasteiger partial charge on any atom is -0.409 e. The van der Waals surface area contributed by atoms with Gasteiger partial charge in [0.2, 0.25) is 0 Å². The van der Waals surface area contributed by atoms with Crippen LogP contribution in [-0.2, 0) is 0 Å². The number of benzene rings is 1. The van der Waals surface area contributed by atoms with E-state index in [2.05, 4.69) is 0 Å². The average molecular weight is 269 g/mol. The van der Waals surface area contributed by atoms with Gasteiger partial charge in [-0.1, -0.05) is 34.8 Å². The van der Waals surface area contributed by atoms with Gasteiger partial charge in [-0.05, 0) is 6.07 Å². The summed E-state index contributed by atoms with van der Waals surface area (Å²) < 4.78 is 4.95. The quantitative estimate of drug-likeness (QED) is 0.727. The van der Waals surface area contributed by atoms with E-state index in [9.17, 15) is 4.79 Å². The van der Waals surface area contributed by atoms with E-state index in [-0.39, 0.29) is 15.8 Å². The molecule has 1 aromatic rings. The van der Waals surface area contributed by atoms with Crippen molar-refractivity contribution in [2.45, 2.75) is 0 Å². The third kappa shape index (κ3) is 3.16. The van der Waals surface area contributed by atoms with Crippen LogP contribution in [0.2, 0.25) is 15.1 Å². The number of amides is 1. The number of halogens is 3. The summed E-state index contributed by atoms with van der Waals surface area (Å²) in [6.07, 6.45) is -0.532. The molecule has 82 valence electrons. The topological polar surface area (TPSA) is 29.5 Å². The molecule has 0 saturated carbocycles. The smallest absolute Gasteiger partial charge is 0.409 e. The summed E-state index contributed by atoms with van der Waals surface area (Å²) in [6, 6.07) is 2.82. The highest BCUT2D eigenvalue weighted by Crippen LogP contribution is 2.33. The number of nitrogens with zero attached hydrogens (tertiary/aromatic N) is 1. The van der Waals surface area contributed by atoms with E-state index >= 15 is 0 Å². The molecule has 1 aromatic carbocycles. The van der Waals surface area contributed by atoms with Crippen molar-refractivity contribution in [1.82, 2.24) is 4.90 Å². The predicted octanol–water partition coefficient (Wildman–Crippen LogP) is 3.71. The van der Waals surface area contributed by atoms with Crippen LogP contribution in [0.4, 0.5) is 4.79 Å². The SMILES string of the molecule is CN(C)C(=O)Oc1cc(Cl)c(Cl)cc1Cl. The van der Waals surface area contributed by atoms with Crippen LogP contribution >= 0.6 is 34.8 Å². The lowest BCUT2D eigenvalue weighted by Gasteiger charge is -2.12. The van der Waals surface area contributed by atoms with E-state index in [0.717, 1.165) is 0 Å². The Bertz CT molecular complexity index is 393. The Balaban J connectivity index is 2.96.